The zero-order valence-electron chi connectivity index (χ0n) is 20.1. The van der Waals surface area contributed by atoms with Gasteiger partial charge in [-0.15, -0.1) is 0 Å². The molecule has 0 aliphatic heterocycles. The molecule has 35 heavy (non-hydrogen) atoms. The van der Waals surface area contributed by atoms with Crippen LogP contribution in [0.1, 0.15) is 61.8 Å². The van der Waals surface area contributed by atoms with Crippen molar-refractivity contribution >= 4 is 33.0 Å². The summed E-state index contributed by atoms with van der Waals surface area (Å²) in [4.78, 5) is 13.3. The van der Waals surface area contributed by atoms with Crippen molar-refractivity contribution in [2.75, 3.05) is 11.9 Å². The molecule has 0 spiro atoms. The first-order chi connectivity index (χ1) is 16.8. The molecule has 5 rings (SSSR count). The summed E-state index contributed by atoms with van der Waals surface area (Å²) in [5.74, 6) is 1.80. The van der Waals surface area contributed by atoms with E-state index >= 15 is 0 Å². The molecule has 2 saturated carbocycles. The van der Waals surface area contributed by atoms with E-state index in [9.17, 15) is 18.3 Å². The number of amides is 1. The Morgan fingerprint density at radius 1 is 1.11 bits per heavy atom. The third-order valence-electron chi connectivity index (χ3n) is 8.72. The number of benzene rings is 2. The minimum atomic E-state index is -3.73. The first-order valence-electron chi connectivity index (χ1n) is 12.8. The van der Waals surface area contributed by atoms with Gasteiger partial charge in [0.05, 0.1) is 10.1 Å². The molecule has 2 N–H and O–H groups in total. The van der Waals surface area contributed by atoms with Crippen molar-refractivity contribution in [3.63, 3.8) is 0 Å². The van der Waals surface area contributed by atoms with Gasteiger partial charge in [-0.25, -0.2) is 8.42 Å². The molecular weight excluding hydrogens is 482 g/mol. The van der Waals surface area contributed by atoms with Crippen LogP contribution in [0.5, 0.6) is 0 Å². The summed E-state index contributed by atoms with van der Waals surface area (Å²) in [5.41, 5.74) is 2.24. The van der Waals surface area contributed by atoms with Crippen molar-refractivity contribution in [1.82, 2.24) is 0 Å². The molecule has 0 saturated heterocycles. The number of aliphatic hydroxyl groups excluding tert-OH is 1. The Bertz CT molecular complexity index is 1200. The number of fused-ring (bicyclic) bond motifs is 2. The maximum absolute atomic E-state index is 13.6. The van der Waals surface area contributed by atoms with Crippen LogP contribution in [0.15, 0.2) is 47.4 Å². The summed E-state index contributed by atoms with van der Waals surface area (Å²) in [6.07, 6.45) is 7.17. The predicted molar refractivity (Wildman–Crippen MR) is 138 cm³/mol. The Morgan fingerprint density at radius 2 is 1.86 bits per heavy atom. The van der Waals surface area contributed by atoms with E-state index in [1.165, 1.54) is 25.3 Å². The third-order valence-corrected chi connectivity index (χ3v) is 11.1. The second-order valence-electron chi connectivity index (χ2n) is 10.9. The minimum Gasteiger partial charge on any atom is -0.396 e. The largest absolute Gasteiger partial charge is 0.396 e. The molecule has 2 aromatic rings. The van der Waals surface area contributed by atoms with E-state index in [0.717, 1.165) is 30.2 Å². The molecule has 0 heterocycles. The lowest BCUT2D eigenvalue weighted by atomic mass is 9.83. The monoisotopic (exact) mass is 515 g/mol. The van der Waals surface area contributed by atoms with Gasteiger partial charge in [0.25, 0.3) is 0 Å². The second kappa shape index (κ2) is 9.87. The molecule has 0 radical (unpaired) electrons. The van der Waals surface area contributed by atoms with Crippen LogP contribution in [0.4, 0.5) is 5.69 Å². The number of carbonyl (C=O) groups is 1. The van der Waals surface area contributed by atoms with Gasteiger partial charge in [-0.05, 0) is 90.8 Å². The lowest BCUT2D eigenvalue weighted by Gasteiger charge is -2.31. The van der Waals surface area contributed by atoms with E-state index in [4.69, 9.17) is 11.6 Å². The van der Waals surface area contributed by atoms with Gasteiger partial charge in [-0.1, -0.05) is 49.9 Å². The normalized spacial score (nSPS) is 28.8. The summed E-state index contributed by atoms with van der Waals surface area (Å²) < 4.78 is 27.3. The van der Waals surface area contributed by atoms with Gasteiger partial charge in [-0.2, -0.15) is 0 Å². The van der Waals surface area contributed by atoms with Crippen LogP contribution in [0.3, 0.4) is 0 Å². The van der Waals surface area contributed by atoms with Gasteiger partial charge < -0.3 is 10.4 Å². The molecule has 2 fully saturated rings. The van der Waals surface area contributed by atoms with Gasteiger partial charge in [0, 0.05) is 23.2 Å². The van der Waals surface area contributed by atoms with Gasteiger partial charge in [0.2, 0.25) is 5.91 Å². The molecule has 1 unspecified atom stereocenters. The van der Waals surface area contributed by atoms with Crippen molar-refractivity contribution in [2.45, 2.75) is 62.0 Å². The fourth-order valence-corrected chi connectivity index (χ4v) is 8.93. The molecule has 6 atom stereocenters. The number of sulfone groups is 1. The summed E-state index contributed by atoms with van der Waals surface area (Å²) >= 11 is 6.09. The Labute approximate surface area is 213 Å². The highest BCUT2D eigenvalue weighted by molar-refractivity contribution is 7.91. The zero-order valence-corrected chi connectivity index (χ0v) is 21.7. The SMILES string of the molecule is C[C@H](C(=O)Nc1ccc2c(c1)C(S(=O)(=O)c1cccc(Cl)c1)C[C@H](CO)C2)[C@@H]1C[C@H]2CCC[C@H]2C1. The number of anilines is 1. The molecule has 188 valence electrons. The Balaban J connectivity index is 1.39. The topological polar surface area (TPSA) is 83.5 Å². The summed E-state index contributed by atoms with van der Waals surface area (Å²) in [5, 5.41) is 12.5. The van der Waals surface area contributed by atoms with Crippen molar-refractivity contribution in [3.8, 4) is 0 Å². The minimum absolute atomic E-state index is 0.00761. The Morgan fingerprint density at radius 3 is 2.54 bits per heavy atom. The molecule has 3 aliphatic carbocycles. The average Bonchev–Trinajstić information content (AvgIpc) is 3.45. The van der Waals surface area contributed by atoms with Gasteiger partial charge in [-0.3, -0.25) is 4.79 Å². The third kappa shape index (κ3) is 4.90. The van der Waals surface area contributed by atoms with Crippen LogP contribution in [-0.4, -0.2) is 26.0 Å². The van der Waals surface area contributed by atoms with Crippen LogP contribution in [0.25, 0.3) is 0 Å². The first kappa shape index (κ1) is 24.8. The molecule has 5 nitrogen and oxygen atoms in total. The van der Waals surface area contributed by atoms with E-state index in [1.54, 1.807) is 18.2 Å². The molecule has 7 heteroatoms. The van der Waals surface area contributed by atoms with E-state index in [2.05, 4.69) is 5.32 Å². The van der Waals surface area contributed by atoms with Crippen LogP contribution in [-0.2, 0) is 21.1 Å². The fraction of sp³-hybridized carbons (Fsp3) is 0.536. The zero-order chi connectivity index (χ0) is 24.7. The number of nitrogens with one attached hydrogen (secondary N) is 1. The van der Waals surface area contributed by atoms with Gasteiger partial charge in [0.1, 0.15) is 0 Å². The quantitative estimate of drug-likeness (QED) is 0.508. The molecule has 0 bridgehead atoms. The predicted octanol–water partition coefficient (Wildman–Crippen LogP) is 5.81. The average molecular weight is 516 g/mol. The van der Waals surface area contributed by atoms with E-state index in [1.807, 2.05) is 25.1 Å². The van der Waals surface area contributed by atoms with E-state index < -0.39 is 15.1 Å². The molecular formula is C28H34ClNO4S. The summed E-state index contributed by atoms with van der Waals surface area (Å²) in [7, 11) is -3.73. The molecule has 2 aromatic carbocycles. The number of carbonyl (C=O) groups excluding carboxylic acids is 1. The Kier molecular flexibility index (Phi) is 6.99. The van der Waals surface area contributed by atoms with Crippen molar-refractivity contribution in [3.05, 3.63) is 58.6 Å². The Hall–Kier alpha value is -1.89. The second-order valence-corrected chi connectivity index (χ2v) is 13.4. The first-order valence-corrected chi connectivity index (χ1v) is 14.7. The highest BCUT2D eigenvalue weighted by Crippen LogP contribution is 2.49. The van der Waals surface area contributed by atoms with Gasteiger partial charge in [0.15, 0.2) is 9.84 Å². The van der Waals surface area contributed by atoms with Crippen LogP contribution in [0.2, 0.25) is 5.02 Å². The van der Waals surface area contributed by atoms with Crippen molar-refractivity contribution < 1.29 is 18.3 Å². The highest BCUT2D eigenvalue weighted by Gasteiger charge is 2.41. The van der Waals surface area contributed by atoms with E-state index in [0.29, 0.717) is 35.0 Å². The lowest BCUT2D eigenvalue weighted by Crippen LogP contribution is -2.28. The van der Waals surface area contributed by atoms with Gasteiger partial charge >= 0.3 is 0 Å². The fourth-order valence-electron chi connectivity index (χ4n) is 6.71. The van der Waals surface area contributed by atoms with Crippen LogP contribution >= 0.6 is 11.6 Å². The number of halogens is 1. The highest BCUT2D eigenvalue weighted by atomic mass is 35.5. The van der Waals surface area contributed by atoms with Crippen LogP contribution < -0.4 is 5.32 Å². The maximum atomic E-state index is 13.6. The molecule has 0 aromatic heterocycles. The van der Waals surface area contributed by atoms with Crippen molar-refractivity contribution in [1.29, 1.82) is 0 Å². The number of rotatable bonds is 6. The number of hydrogen-bond acceptors (Lipinski definition) is 4. The summed E-state index contributed by atoms with van der Waals surface area (Å²) in [6, 6.07) is 11.9. The smallest absolute Gasteiger partial charge is 0.227 e. The lowest BCUT2D eigenvalue weighted by molar-refractivity contribution is -0.120. The number of aliphatic hydroxyl groups is 1. The van der Waals surface area contributed by atoms with Crippen molar-refractivity contribution in [2.24, 2.45) is 29.6 Å². The summed E-state index contributed by atoms with van der Waals surface area (Å²) in [6.45, 7) is 1.96. The van der Waals surface area contributed by atoms with Crippen LogP contribution in [0, 0.1) is 29.6 Å². The number of hydrogen-bond donors (Lipinski definition) is 2. The van der Waals surface area contributed by atoms with E-state index in [-0.39, 0.29) is 29.2 Å². The molecule has 1 amide bonds. The molecule has 3 aliphatic rings. The standard InChI is InChI=1S/C28H34ClNO4S/c1-17(22-12-19-4-2-5-20(19)13-22)28(32)30-24-9-8-21-10-18(16-31)11-27(26(21)15-24)35(33,34)25-7-3-6-23(29)14-25/h3,6-9,14-15,17-20,22,27,31H,2,4-5,10-13,16H2,1H3,(H,30,32)/t17-,18+,19-,20+,22-,27?/m0/s1. The maximum Gasteiger partial charge on any atom is 0.227 e.